The van der Waals surface area contributed by atoms with Gasteiger partial charge in [0, 0.05) is 16.7 Å². The van der Waals surface area contributed by atoms with Crippen molar-refractivity contribution in [1.29, 1.82) is 0 Å². The first-order valence-corrected chi connectivity index (χ1v) is 8.57. The number of amides is 1. The summed E-state index contributed by atoms with van der Waals surface area (Å²) >= 11 is 6.08. The molecule has 1 atom stereocenters. The molecule has 0 saturated carbocycles. The lowest BCUT2D eigenvalue weighted by Gasteiger charge is -2.26. The summed E-state index contributed by atoms with van der Waals surface area (Å²) in [6.07, 6.45) is 2.60. The van der Waals surface area contributed by atoms with Gasteiger partial charge in [0.2, 0.25) is 0 Å². The number of esters is 1. The molecule has 1 unspecified atom stereocenters. The van der Waals surface area contributed by atoms with Gasteiger partial charge in [-0.05, 0) is 45.4 Å². The molecule has 0 bridgehead atoms. The van der Waals surface area contributed by atoms with Crippen LogP contribution in [0.5, 0.6) is 5.75 Å². The molecular formula is C20H24ClNO4. The highest BCUT2D eigenvalue weighted by Gasteiger charge is 2.25. The number of carbonyl (C=O) groups excluding carboxylic acids is 2. The summed E-state index contributed by atoms with van der Waals surface area (Å²) < 4.78 is 10.4. The van der Waals surface area contributed by atoms with Crippen molar-refractivity contribution in [2.45, 2.75) is 45.8 Å². The minimum Gasteiger partial charge on any atom is -0.481 e. The molecule has 1 aromatic rings. The fraction of sp³-hybridized carbons (Fsp3) is 0.400. The van der Waals surface area contributed by atoms with Crippen LogP contribution in [0, 0.1) is 11.8 Å². The van der Waals surface area contributed by atoms with Gasteiger partial charge in [-0.3, -0.25) is 4.79 Å². The summed E-state index contributed by atoms with van der Waals surface area (Å²) in [5, 5.41) is 3.33. The number of ether oxygens (including phenoxy) is 2. The highest BCUT2D eigenvalue weighted by atomic mass is 35.5. The van der Waals surface area contributed by atoms with Crippen molar-refractivity contribution in [3.63, 3.8) is 0 Å². The van der Waals surface area contributed by atoms with E-state index in [2.05, 4.69) is 21.9 Å². The minimum atomic E-state index is -0.741. The number of rotatable bonds is 7. The van der Waals surface area contributed by atoms with Crippen LogP contribution in [-0.2, 0) is 14.3 Å². The fourth-order valence-electron chi connectivity index (χ4n) is 2.12. The molecule has 6 heteroatoms. The van der Waals surface area contributed by atoms with Crippen molar-refractivity contribution in [1.82, 2.24) is 5.32 Å². The van der Waals surface area contributed by atoms with Gasteiger partial charge in [-0.1, -0.05) is 30.5 Å². The monoisotopic (exact) mass is 377 g/mol. The lowest BCUT2D eigenvalue weighted by atomic mass is 10.0. The SMILES string of the molecule is CC#Cc1cc(Cl)cc(OC(CC)C(=O)NC(C)(C)/C=C/C(=O)OC)c1. The van der Waals surface area contributed by atoms with Crippen LogP contribution in [0.15, 0.2) is 30.4 Å². The number of hydrogen-bond donors (Lipinski definition) is 1. The first-order valence-electron chi connectivity index (χ1n) is 8.20. The lowest BCUT2D eigenvalue weighted by molar-refractivity contribution is -0.135. The summed E-state index contributed by atoms with van der Waals surface area (Å²) in [7, 11) is 1.29. The predicted octanol–water partition coefficient (Wildman–Crippen LogP) is 3.49. The Balaban J connectivity index is 2.88. The summed E-state index contributed by atoms with van der Waals surface area (Å²) in [5.41, 5.74) is -0.0264. The second-order valence-electron chi connectivity index (χ2n) is 6.13. The van der Waals surface area contributed by atoms with Crippen molar-refractivity contribution in [2.75, 3.05) is 7.11 Å². The molecular weight excluding hydrogens is 354 g/mol. The van der Waals surface area contributed by atoms with Gasteiger partial charge in [0.1, 0.15) is 5.75 Å². The molecule has 0 aliphatic heterocycles. The number of hydrogen-bond acceptors (Lipinski definition) is 4. The molecule has 1 N–H and O–H groups in total. The molecule has 1 rings (SSSR count). The fourth-order valence-corrected chi connectivity index (χ4v) is 2.34. The minimum absolute atomic E-state index is 0.296. The van der Waals surface area contributed by atoms with Gasteiger partial charge in [-0.15, -0.1) is 5.92 Å². The summed E-state index contributed by atoms with van der Waals surface area (Å²) in [6.45, 7) is 7.11. The molecule has 0 saturated heterocycles. The zero-order chi connectivity index (χ0) is 19.7. The highest BCUT2D eigenvalue weighted by molar-refractivity contribution is 6.30. The Morgan fingerprint density at radius 2 is 2.04 bits per heavy atom. The third-order valence-corrected chi connectivity index (χ3v) is 3.58. The Bertz CT molecular complexity index is 744. The van der Waals surface area contributed by atoms with Crippen LogP contribution in [0.1, 0.15) is 39.7 Å². The molecule has 26 heavy (non-hydrogen) atoms. The molecule has 1 aromatic carbocycles. The maximum Gasteiger partial charge on any atom is 0.330 e. The molecule has 5 nitrogen and oxygen atoms in total. The van der Waals surface area contributed by atoms with Gasteiger partial charge in [0.05, 0.1) is 12.6 Å². The van der Waals surface area contributed by atoms with Crippen molar-refractivity contribution >= 4 is 23.5 Å². The number of carbonyl (C=O) groups is 2. The molecule has 0 aliphatic carbocycles. The first kappa shape index (κ1) is 21.6. The molecule has 0 aromatic heterocycles. The van der Waals surface area contributed by atoms with E-state index in [-0.39, 0.29) is 5.91 Å². The Morgan fingerprint density at radius 1 is 1.35 bits per heavy atom. The molecule has 0 spiro atoms. The van der Waals surface area contributed by atoms with Crippen LogP contribution < -0.4 is 10.1 Å². The van der Waals surface area contributed by atoms with E-state index >= 15 is 0 Å². The van der Waals surface area contributed by atoms with E-state index in [0.29, 0.717) is 22.8 Å². The largest absolute Gasteiger partial charge is 0.481 e. The Hall–Kier alpha value is -2.45. The molecule has 0 heterocycles. The van der Waals surface area contributed by atoms with E-state index in [1.165, 1.54) is 13.2 Å². The first-order chi connectivity index (χ1) is 12.2. The second kappa shape index (κ2) is 9.88. The number of halogens is 1. The Labute approximate surface area is 159 Å². The van der Waals surface area contributed by atoms with Crippen molar-refractivity contribution in [3.05, 3.63) is 40.9 Å². The predicted molar refractivity (Wildman–Crippen MR) is 102 cm³/mol. The van der Waals surface area contributed by atoms with Gasteiger partial charge in [0.15, 0.2) is 6.10 Å². The zero-order valence-corrected chi connectivity index (χ0v) is 16.4. The van der Waals surface area contributed by atoms with Gasteiger partial charge < -0.3 is 14.8 Å². The third kappa shape index (κ3) is 7.20. The average molecular weight is 378 g/mol. The van der Waals surface area contributed by atoms with Gasteiger partial charge in [-0.25, -0.2) is 4.79 Å². The standard InChI is InChI=1S/C20H24ClNO4/c1-6-8-14-11-15(21)13-16(12-14)26-17(7-2)19(24)22-20(3,4)10-9-18(23)25-5/h9-13,17H,7H2,1-5H3,(H,22,24)/b10-9+. The van der Waals surface area contributed by atoms with Gasteiger partial charge in [-0.2, -0.15) is 0 Å². The maximum atomic E-state index is 12.6. The van der Waals surface area contributed by atoms with Gasteiger partial charge >= 0.3 is 5.97 Å². The molecule has 0 fully saturated rings. The number of methoxy groups -OCH3 is 1. The van der Waals surface area contributed by atoms with Crippen molar-refractivity contribution in [2.24, 2.45) is 0 Å². The molecule has 0 radical (unpaired) electrons. The normalized spacial score (nSPS) is 12.1. The maximum absolute atomic E-state index is 12.6. The van der Waals surface area contributed by atoms with E-state index in [1.807, 2.05) is 6.92 Å². The van der Waals surface area contributed by atoms with E-state index in [0.717, 1.165) is 0 Å². The summed E-state index contributed by atoms with van der Waals surface area (Å²) in [5.74, 6) is 5.40. The van der Waals surface area contributed by atoms with E-state index < -0.39 is 17.6 Å². The smallest absolute Gasteiger partial charge is 0.330 e. The number of nitrogens with one attached hydrogen (secondary N) is 1. The topological polar surface area (TPSA) is 64.6 Å². The quantitative estimate of drug-likeness (QED) is 0.449. The van der Waals surface area contributed by atoms with Gasteiger partial charge in [0.25, 0.3) is 5.91 Å². The summed E-state index contributed by atoms with van der Waals surface area (Å²) in [6, 6.07) is 5.11. The average Bonchev–Trinajstić information content (AvgIpc) is 2.57. The van der Waals surface area contributed by atoms with Crippen LogP contribution in [-0.4, -0.2) is 30.6 Å². The molecule has 0 aliphatic rings. The van der Waals surface area contributed by atoms with E-state index in [4.69, 9.17) is 16.3 Å². The third-order valence-electron chi connectivity index (χ3n) is 3.36. The van der Waals surface area contributed by atoms with Crippen LogP contribution >= 0.6 is 11.6 Å². The van der Waals surface area contributed by atoms with E-state index in [9.17, 15) is 9.59 Å². The van der Waals surface area contributed by atoms with E-state index in [1.54, 1.807) is 45.0 Å². The lowest BCUT2D eigenvalue weighted by Crippen LogP contribution is -2.48. The van der Waals surface area contributed by atoms with Crippen molar-refractivity contribution < 1.29 is 19.1 Å². The molecule has 1 amide bonds. The Morgan fingerprint density at radius 3 is 2.62 bits per heavy atom. The van der Waals surface area contributed by atoms with Crippen LogP contribution in [0.25, 0.3) is 0 Å². The van der Waals surface area contributed by atoms with Crippen LogP contribution in [0.2, 0.25) is 5.02 Å². The van der Waals surface area contributed by atoms with Crippen molar-refractivity contribution in [3.8, 4) is 17.6 Å². The van der Waals surface area contributed by atoms with Crippen LogP contribution in [0.3, 0.4) is 0 Å². The number of benzene rings is 1. The highest BCUT2D eigenvalue weighted by Crippen LogP contribution is 2.22. The summed E-state index contributed by atoms with van der Waals surface area (Å²) in [4.78, 5) is 23.8. The zero-order valence-electron chi connectivity index (χ0n) is 15.7. The second-order valence-corrected chi connectivity index (χ2v) is 6.57. The Kier molecular flexibility index (Phi) is 8.21. The van der Waals surface area contributed by atoms with Crippen LogP contribution in [0.4, 0.5) is 0 Å². The molecule has 140 valence electrons.